The van der Waals surface area contributed by atoms with Gasteiger partial charge in [-0.15, -0.1) is 0 Å². The van der Waals surface area contributed by atoms with Crippen molar-refractivity contribution in [3.8, 4) is 11.3 Å². The average molecular weight is 313 g/mol. The Morgan fingerprint density at radius 2 is 1.67 bits per heavy atom. The van der Waals surface area contributed by atoms with Gasteiger partial charge >= 0.3 is 4.34 Å². The van der Waals surface area contributed by atoms with Crippen LogP contribution in [0.5, 0.6) is 0 Å². The van der Waals surface area contributed by atoms with Gasteiger partial charge in [0, 0.05) is 5.56 Å². The first-order valence-electron chi connectivity index (χ1n) is 6.79. The summed E-state index contributed by atoms with van der Waals surface area (Å²) >= 11 is 3.53. The summed E-state index contributed by atoms with van der Waals surface area (Å²) in [6.45, 7) is 0.815. The zero-order valence-electron chi connectivity index (χ0n) is 11.8. The van der Waals surface area contributed by atoms with E-state index in [0.29, 0.717) is 0 Å². The summed E-state index contributed by atoms with van der Waals surface area (Å²) in [4.78, 5) is 0. The van der Waals surface area contributed by atoms with Crippen molar-refractivity contribution in [1.82, 2.24) is 0 Å². The van der Waals surface area contributed by atoms with E-state index in [-0.39, 0.29) is 0 Å². The highest BCUT2D eigenvalue weighted by atomic mass is 32.2. The van der Waals surface area contributed by atoms with E-state index in [1.807, 2.05) is 12.1 Å². The second kappa shape index (κ2) is 6.78. The molecule has 106 valence electrons. The lowest BCUT2D eigenvalue weighted by Gasteiger charge is -2.03. The fourth-order valence-electron chi connectivity index (χ4n) is 2.17. The Balaban J connectivity index is 1.88. The van der Waals surface area contributed by atoms with Crippen LogP contribution in [0, 0.1) is 0 Å². The van der Waals surface area contributed by atoms with Crippen molar-refractivity contribution in [2.24, 2.45) is 0 Å². The lowest BCUT2D eigenvalue weighted by molar-refractivity contribution is -0.671. The molecule has 0 aliphatic heterocycles. The third-order valence-corrected chi connectivity index (χ3v) is 5.27. The number of aromatic nitrogens is 1. The quantitative estimate of drug-likeness (QED) is 0.562. The molecule has 3 rings (SSSR count). The molecular weight excluding hydrogens is 296 g/mol. The van der Waals surface area contributed by atoms with E-state index in [2.05, 4.69) is 70.3 Å². The first-order valence-corrected chi connectivity index (χ1v) is 8.89. The molecular formula is C17H17N2S2+. The van der Waals surface area contributed by atoms with Crippen LogP contribution in [-0.2, 0) is 6.54 Å². The Morgan fingerprint density at radius 1 is 1.00 bits per heavy atom. The highest BCUT2D eigenvalue weighted by Crippen LogP contribution is 2.24. The molecule has 0 radical (unpaired) electrons. The number of nitrogens with one attached hydrogen (secondary N) is 1. The third kappa shape index (κ3) is 3.28. The summed E-state index contributed by atoms with van der Waals surface area (Å²) in [6, 6.07) is 21.0. The van der Waals surface area contributed by atoms with E-state index >= 15 is 0 Å². The predicted molar refractivity (Wildman–Crippen MR) is 91.2 cm³/mol. The molecule has 0 unspecified atom stereocenters. The second-order valence-corrected chi connectivity index (χ2v) is 6.52. The van der Waals surface area contributed by atoms with Crippen molar-refractivity contribution in [1.29, 1.82) is 0 Å². The highest BCUT2D eigenvalue weighted by molar-refractivity contribution is 8.00. The van der Waals surface area contributed by atoms with E-state index in [1.165, 1.54) is 21.2 Å². The van der Waals surface area contributed by atoms with Crippen LogP contribution in [0.1, 0.15) is 5.56 Å². The number of benzene rings is 2. The van der Waals surface area contributed by atoms with Crippen LogP contribution in [0.4, 0.5) is 0 Å². The van der Waals surface area contributed by atoms with Crippen LogP contribution in [-0.4, -0.2) is 6.26 Å². The zero-order valence-corrected chi connectivity index (χ0v) is 13.5. The normalized spacial score (nSPS) is 10.5. The topological polar surface area (TPSA) is 15.9 Å². The maximum Gasteiger partial charge on any atom is 0.326 e. The third-order valence-electron chi connectivity index (χ3n) is 3.22. The second-order valence-electron chi connectivity index (χ2n) is 4.61. The summed E-state index contributed by atoms with van der Waals surface area (Å²) in [7, 11) is 0. The summed E-state index contributed by atoms with van der Waals surface area (Å²) in [5, 5.41) is 2.21. The molecule has 0 saturated carbocycles. The number of hydrogen-bond donors (Lipinski definition) is 1. The largest absolute Gasteiger partial charge is 0.326 e. The monoisotopic (exact) mass is 313 g/mol. The molecule has 0 aliphatic rings. The van der Waals surface area contributed by atoms with E-state index in [1.54, 1.807) is 23.1 Å². The van der Waals surface area contributed by atoms with Crippen molar-refractivity contribution in [3.05, 3.63) is 71.6 Å². The first-order chi connectivity index (χ1) is 10.4. The van der Waals surface area contributed by atoms with Crippen LogP contribution in [0.15, 0.2) is 70.4 Å². The van der Waals surface area contributed by atoms with Crippen molar-refractivity contribution >= 4 is 23.1 Å². The van der Waals surface area contributed by atoms with Crippen LogP contribution in [0.2, 0.25) is 0 Å². The van der Waals surface area contributed by atoms with Crippen molar-refractivity contribution in [3.63, 3.8) is 0 Å². The van der Waals surface area contributed by atoms with E-state index in [4.69, 9.17) is 0 Å². The Morgan fingerprint density at radius 3 is 2.33 bits per heavy atom. The van der Waals surface area contributed by atoms with Crippen molar-refractivity contribution in [2.75, 3.05) is 11.7 Å². The minimum atomic E-state index is 0.815. The van der Waals surface area contributed by atoms with Gasteiger partial charge in [0.2, 0.25) is 0 Å². The fourth-order valence-corrected chi connectivity index (χ4v) is 3.77. The molecule has 2 aromatic carbocycles. The molecule has 0 aliphatic carbocycles. The lowest BCUT2D eigenvalue weighted by atomic mass is 10.2. The standard InChI is InChI=1S/C17H17N2S2/c1-20-17-19(18-12-14-8-4-2-5-9-14)16(13-21-17)15-10-6-3-7-11-15/h2-11,13,18H,12H2,1H3/q+1. The molecule has 0 saturated heterocycles. The SMILES string of the molecule is CSc1scc(-c2ccccc2)[n+]1NCc1ccccc1. The smallest absolute Gasteiger partial charge is 0.186 e. The number of nitrogens with zero attached hydrogens (tertiary/aromatic N) is 1. The summed E-state index contributed by atoms with van der Waals surface area (Å²) in [6.07, 6.45) is 2.11. The molecule has 0 fully saturated rings. The summed E-state index contributed by atoms with van der Waals surface area (Å²) in [5.74, 6) is 0. The zero-order chi connectivity index (χ0) is 14.5. The van der Waals surface area contributed by atoms with E-state index in [9.17, 15) is 0 Å². The average Bonchev–Trinajstić information content (AvgIpc) is 2.97. The number of thioether (sulfide) groups is 1. The molecule has 0 spiro atoms. The van der Waals surface area contributed by atoms with Gasteiger partial charge in [-0.25, -0.2) is 0 Å². The molecule has 2 nitrogen and oxygen atoms in total. The van der Waals surface area contributed by atoms with Crippen LogP contribution < -0.4 is 10.1 Å². The van der Waals surface area contributed by atoms with E-state index in [0.717, 1.165) is 6.54 Å². The van der Waals surface area contributed by atoms with Crippen LogP contribution >= 0.6 is 23.1 Å². The number of rotatable bonds is 5. The minimum absolute atomic E-state index is 0.815. The van der Waals surface area contributed by atoms with Gasteiger partial charge in [-0.2, -0.15) is 5.43 Å². The minimum Gasteiger partial charge on any atom is -0.186 e. The Bertz CT molecular complexity index is 693. The summed E-state index contributed by atoms with van der Waals surface area (Å²) < 4.78 is 3.45. The first kappa shape index (κ1) is 14.2. The molecule has 4 heteroatoms. The van der Waals surface area contributed by atoms with Gasteiger partial charge in [0.1, 0.15) is 0 Å². The van der Waals surface area contributed by atoms with Crippen molar-refractivity contribution in [2.45, 2.75) is 10.9 Å². The van der Waals surface area contributed by atoms with Crippen LogP contribution in [0.3, 0.4) is 0 Å². The maximum atomic E-state index is 3.53. The maximum absolute atomic E-state index is 3.53. The Kier molecular flexibility index (Phi) is 4.58. The van der Waals surface area contributed by atoms with Gasteiger partial charge in [0.15, 0.2) is 0 Å². The van der Waals surface area contributed by atoms with Crippen molar-refractivity contribution < 1.29 is 4.68 Å². The van der Waals surface area contributed by atoms with Gasteiger partial charge < -0.3 is 0 Å². The van der Waals surface area contributed by atoms with Crippen LogP contribution in [0.25, 0.3) is 11.3 Å². The van der Waals surface area contributed by atoms with Gasteiger partial charge in [-0.05, 0) is 35.7 Å². The van der Waals surface area contributed by atoms with Gasteiger partial charge in [-0.1, -0.05) is 64.5 Å². The summed E-state index contributed by atoms with van der Waals surface area (Å²) in [5.41, 5.74) is 7.25. The molecule has 0 bridgehead atoms. The fraction of sp³-hybridized carbons (Fsp3) is 0.118. The molecule has 1 heterocycles. The Hall–Kier alpha value is -1.78. The van der Waals surface area contributed by atoms with E-state index < -0.39 is 0 Å². The molecule has 0 amide bonds. The number of thiazole rings is 1. The van der Waals surface area contributed by atoms with Gasteiger partial charge in [-0.3, -0.25) is 0 Å². The van der Waals surface area contributed by atoms with Gasteiger partial charge in [0.05, 0.1) is 11.9 Å². The lowest BCUT2D eigenvalue weighted by Crippen LogP contribution is -2.46. The Labute approximate surface area is 133 Å². The molecule has 3 aromatic rings. The highest BCUT2D eigenvalue weighted by Gasteiger charge is 2.21. The molecule has 1 N–H and O–H groups in total. The van der Waals surface area contributed by atoms with Gasteiger partial charge in [0.25, 0.3) is 5.69 Å². The predicted octanol–water partition coefficient (Wildman–Crippen LogP) is 4.17. The molecule has 21 heavy (non-hydrogen) atoms. The molecule has 0 atom stereocenters. The number of hydrogen-bond acceptors (Lipinski definition) is 3. The molecule has 1 aromatic heterocycles.